The maximum atomic E-state index is 4.16. The maximum absolute atomic E-state index is 4.16. The SMILES string of the molecule is CCCSC(CC)SS. The lowest BCUT2D eigenvalue weighted by Crippen LogP contribution is -1.91. The largest absolute Gasteiger partial charge is 0.147 e. The van der Waals surface area contributed by atoms with Crippen LogP contribution in [0.3, 0.4) is 0 Å². The highest BCUT2D eigenvalue weighted by Gasteiger charge is 2.02. The highest BCUT2D eigenvalue weighted by Crippen LogP contribution is 2.29. The summed E-state index contributed by atoms with van der Waals surface area (Å²) in [5.74, 6) is 1.27. The zero-order valence-electron chi connectivity index (χ0n) is 5.96. The molecule has 0 aliphatic rings. The minimum Gasteiger partial charge on any atom is -0.147 e. The summed E-state index contributed by atoms with van der Waals surface area (Å²) in [6.07, 6.45) is 2.49. The quantitative estimate of drug-likeness (QED) is 0.393. The van der Waals surface area contributed by atoms with Crippen LogP contribution in [-0.2, 0) is 0 Å². The standard InChI is InChI=1S/C6H14S3/c1-3-5-8-6(4-2)9-7/h6-7H,3-5H2,1-2H3. The van der Waals surface area contributed by atoms with Crippen molar-refractivity contribution in [2.45, 2.75) is 31.3 Å². The molecule has 0 rings (SSSR count). The molecule has 0 aromatic rings. The zero-order valence-corrected chi connectivity index (χ0v) is 8.49. The van der Waals surface area contributed by atoms with Gasteiger partial charge in [-0.1, -0.05) is 24.6 Å². The molecule has 0 saturated carbocycles. The van der Waals surface area contributed by atoms with Crippen LogP contribution < -0.4 is 0 Å². The number of hydrogen-bond donors (Lipinski definition) is 1. The molecular formula is C6H14S3. The van der Waals surface area contributed by atoms with Crippen molar-refractivity contribution in [3.05, 3.63) is 0 Å². The van der Waals surface area contributed by atoms with E-state index in [9.17, 15) is 0 Å². The third-order valence-electron chi connectivity index (χ3n) is 0.959. The van der Waals surface area contributed by atoms with Gasteiger partial charge in [0.15, 0.2) is 0 Å². The number of rotatable bonds is 5. The van der Waals surface area contributed by atoms with Crippen molar-refractivity contribution < 1.29 is 0 Å². The first-order chi connectivity index (χ1) is 4.35. The van der Waals surface area contributed by atoms with Crippen molar-refractivity contribution in [3.63, 3.8) is 0 Å². The van der Waals surface area contributed by atoms with Crippen LogP contribution in [0, 0.1) is 0 Å². The van der Waals surface area contributed by atoms with Crippen molar-refractivity contribution in [3.8, 4) is 0 Å². The van der Waals surface area contributed by atoms with E-state index in [-0.39, 0.29) is 0 Å². The van der Waals surface area contributed by atoms with Crippen molar-refractivity contribution in [2.75, 3.05) is 5.75 Å². The summed E-state index contributed by atoms with van der Waals surface area (Å²) in [6, 6.07) is 0. The van der Waals surface area contributed by atoms with E-state index in [1.807, 2.05) is 11.8 Å². The summed E-state index contributed by atoms with van der Waals surface area (Å²) in [6.45, 7) is 4.42. The maximum Gasteiger partial charge on any atom is 0.0601 e. The Labute approximate surface area is 71.4 Å². The molecule has 0 aliphatic carbocycles. The van der Waals surface area contributed by atoms with Gasteiger partial charge < -0.3 is 0 Å². The Hall–Kier alpha value is 1.05. The monoisotopic (exact) mass is 182 g/mol. The normalized spacial score (nSPS) is 13.7. The van der Waals surface area contributed by atoms with E-state index in [1.54, 1.807) is 10.8 Å². The number of thiol groups is 1. The molecule has 0 aromatic carbocycles. The van der Waals surface area contributed by atoms with E-state index in [2.05, 4.69) is 25.5 Å². The predicted octanol–water partition coefficient (Wildman–Crippen LogP) is 3.44. The second kappa shape index (κ2) is 7.16. The van der Waals surface area contributed by atoms with Crippen molar-refractivity contribution in [1.82, 2.24) is 0 Å². The average Bonchev–Trinajstić information content (AvgIpc) is 1.91. The Kier molecular flexibility index (Phi) is 8.00. The van der Waals surface area contributed by atoms with Crippen LogP contribution in [-0.4, -0.2) is 10.3 Å². The van der Waals surface area contributed by atoms with E-state index in [1.165, 1.54) is 18.6 Å². The molecule has 1 unspecified atom stereocenters. The van der Waals surface area contributed by atoms with Crippen LogP contribution in [0.4, 0.5) is 0 Å². The summed E-state index contributed by atoms with van der Waals surface area (Å²) >= 11 is 6.17. The van der Waals surface area contributed by atoms with Gasteiger partial charge in [-0.15, -0.1) is 23.4 Å². The molecular weight excluding hydrogens is 168 g/mol. The third-order valence-corrected chi connectivity index (χ3v) is 4.76. The first-order valence-corrected chi connectivity index (χ1v) is 6.25. The second-order valence-electron chi connectivity index (χ2n) is 1.81. The molecule has 3 heteroatoms. The molecule has 0 spiro atoms. The minimum absolute atomic E-state index is 0.702. The highest BCUT2D eigenvalue weighted by atomic mass is 33.1. The van der Waals surface area contributed by atoms with Gasteiger partial charge >= 0.3 is 0 Å². The molecule has 0 heterocycles. The molecule has 0 aliphatic heterocycles. The first kappa shape index (κ1) is 10.0. The molecule has 1 atom stereocenters. The van der Waals surface area contributed by atoms with Crippen LogP contribution in [0.25, 0.3) is 0 Å². The molecule has 56 valence electrons. The highest BCUT2D eigenvalue weighted by molar-refractivity contribution is 8.70. The van der Waals surface area contributed by atoms with Gasteiger partial charge in [0.25, 0.3) is 0 Å². The molecule has 0 nitrogen and oxygen atoms in total. The smallest absolute Gasteiger partial charge is 0.0601 e. The average molecular weight is 182 g/mol. The Bertz CT molecular complexity index is 52.3. The summed E-state index contributed by atoms with van der Waals surface area (Å²) < 4.78 is 0.702. The van der Waals surface area contributed by atoms with Gasteiger partial charge in [-0.2, -0.15) is 0 Å². The lowest BCUT2D eigenvalue weighted by atomic mass is 10.6. The molecule has 0 fully saturated rings. The van der Waals surface area contributed by atoms with Crippen molar-refractivity contribution in [1.29, 1.82) is 0 Å². The lowest BCUT2D eigenvalue weighted by molar-refractivity contribution is 1.04. The van der Waals surface area contributed by atoms with Gasteiger partial charge in [0.1, 0.15) is 0 Å². The van der Waals surface area contributed by atoms with Crippen LogP contribution >= 0.6 is 34.2 Å². The number of hydrogen-bond acceptors (Lipinski definition) is 3. The molecule has 0 saturated heterocycles. The van der Waals surface area contributed by atoms with Gasteiger partial charge in [0.05, 0.1) is 4.58 Å². The van der Waals surface area contributed by atoms with E-state index >= 15 is 0 Å². The zero-order chi connectivity index (χ0) is 7.11. The summed E-state index contributed by atoms with van der Waals surface area (Å²) in [4.78, 5) is 0. The Morgan fingerprint density at radius 2 is 2.11 bits per heavy atom. The van der Waals surface area contributed by atoms with E-state index < -0.39 is 0 Å². The van der Waals surface area contributed by atoms with Gasteiger partial charge in [-0.25, -0.2) is 0 Å². The van der Waals surface area contributed by atoms with Crippen molar-refractivity contribution >= 4 is 34.2 Å². The van der Waals surface area contributed by atoms with Crippen LogP contribution in [0.15, 0.2) is 0 Å². The van der Waals surface area contributed by atoms with Crippen LogP contribution in [0.2, 0.25) is 0 Å². The lowest BCUT2D eigenvalue weighted by Gasteiger charge is -2.08. The van der Waals surface area contributed by atoms with E-state index in [0.717, 1.165) is 0 Å². The molecule has 9 heavy (non-hydrogen) atoms. The van der Waals surface area contributed by atoms with Gasteiger partial charge in [0, 0.05) is 0 Å². The molecule has 0 amide bonds. The van der Waals surface area contributed by atoms with Gasteiger partial charge in [-0.05, 0) is 18.6 Å². The van der Waals surface area contributed by atoms with E-state index in [0.29, 0.717) is 4.58 Å². The second-order valence-corrected chi connectivity index (χ2v) is 4.84. The minimum atomic E-state index is 0.702. The fourth-order valence-corrected chi connectivity index (χ4v) is 2.88. The summed E-state index contributed by atoms with van der Waals surface area (Å²) in [7, 11) is 1.67. The molecule has 0 radical (unpaired) electrons. The topological polar surface area (TPSA) is 0 Å². The molecule has 0 aromatic heterocycles. The Balaban J connectivity index is 3.09. The summed E-state index contributed by atoms with van der Waals surface area (Å²) in [5, 5.41) is 0. The van der Waals surface area contributed by atoms with Crippen LogP contribution in [0.5, 0.6) is 0 Å². The predicted molar refractivity (Wildman–Crippen MR) is 53.4 cm³/mol. The summed E-state index contributed by atoms with van der Waals surface area (Å²) in [5.41, 5.74) is 0. The van der Waals surface area contributed by atoms with E-state index in [4.69, 9.17) is 0 Å². The van der Waals surface area contributed by atoms with Crippen molar-refractivity contribution in [2.24, 2.45) is 0 Å². The van der Waals surface area contributed by atoms with Gasteiger partial charge in [-0.3, -0.25) is 0 Å². The fourth-order valence-electron chi connectivity index (χ4n) is 0.472. The molecule has 0 N–H and O–H groups in total. The fraction of sp³-hybridized carbons (Fsp3) is 1.00. The third kappa shape index (κ3) is 5.49. The molecule has 0 bridgehead atoms. The Morgan fingerprint density at radius 3 is 2.44 bits per heavy atom. The van der Waals surface area contributed by atoms with Crippen LogP contribution in [0.1, 0.15) is 26.7 Å². The van der Waals surface area contributed by atoms with Gasteiger partial charge in [0.2, 0.25) is 0 Å². The first-order valence-electron chi connectivity index (χ1n) is 3.27. The Morgan fingerprint density at radius 1 is 1.44 bits per heavy atom. The number of thioether (sulfide) groups is 1.